The van der Waals surface area contributed by atoms with Crippen LogP contribution in [0.15, 0.2) is 4.34 Å². The molecule has 2 unspecified atom stereocenters. The van der Waals surface area contributed by atoms with Crippen LogP contribution < -0.4 is 21.7 Å². The van der Waals surface area contributed by atoms with Crippen LogP contribution in [0, 0.1) is 0 Å². The molecule has 1 aromatic heterocycles. The van der Waals surface area contributed by atoms with Gasteiger partial charge >= 0.3 is 0 Å². The molecule has 5 N–H and O–H groups in total. The van der Waals surface area contributed by atoms with Crippen LogP contribution in [-0.4, -0.2) is 51.0 Å². The van der Waals surface area contributed by atoms with Gasteiger partial charge in [-0.2, -0.15) is 0 Å². The Kier molecular flexibility index (Phi) is 7.27. The van der Waals surface area contributed by atoms with Crippen LogP contribution in [0.25, 0.3) is 0 Å². The minimum atomic E-state index is -0.472. The molecule has 1 aliphatic rings. The first-order chi connectivity index (χ1) is 11.5. The van der Waals surface area contributed by atoms with Gasteiger partial charge in [0.05, 0.1) is 5.75 Å². The van der Waals surface area contributed by atoms with Crippen molar-refractivity contribution in [3.05, 3.63) is 0 Å². The molecule has 9 nitrogen and oxygen atoms in total. The summed E-state index contributed by atoms with van der Waals surface area (Å²) in [6.45, 7) is 2.01. The number of nitrogens with zero attached hydrogens (tertiary/aromatic N) is 2. The van der Waals surface area contributed by atoms with Gasteiger partial charge in [-0.15, -0.1) is 22.0 Å². The minimum absolute atomic E-state index is 0.0827. The van der Waals surface area contributed by atoms with Crippen molar-refractivity contribution in [1.29, 1.82) is 0 Å². The average Bonchev–Trinajstić information content (AvgIpc) is 2.91. The van der Waals surface area contributed by atoms with Crippen molar-refractivity contribution >= 4 is 57.7 Å². The summed E-state index contributed by atoms with van der Waals surface area (Å²) in [5, 5.41) is 16.8. The molecule has 0 radical (unpaired) electrons. The number of hydrogen-bond acceptors (Lipinski definition) is 9. The molecule has 24 heavy (non-hydrogen) atoms. The van der Waals surface area contributed by atoms with Gasteiger partial charge < -0.3 is 11.1 Å². The first kappa shape index (κ1) is 19.0. The van der Waals surface area contributed by atoms with E-state index in [2.05, 4.69) is 26.1 Å². The van der Waals surface area contributed by atoms with Crippen LogP contribution in [-0.2, 0) is 14.4 Å². The van der Waals surface area contributed by atoms with Gasteiger partial charge in [0.25, 0.3) is 0 Å². The Labute approximate surface area is 151 Å². The number of primary amides is 1. The summed E-state index contributed by atoms with van der Waals surface area (Å²) in [4.78, 5) is 34.5. The number of carbonyl (C=O) groups is 3. The highest BCUT2D eigenvalue weighted by atomic mass is 32.2. The van der Waals surface area contributed by atoms with Gasteiger partial charge in [-0.25, -0.2) is 0 Å². The Morgan fingerprint density at radius 1 is 1.46 bits per heavy atom. The van der Waals surface area contributed by atoms with Gasteiger partial charge in [0.1, 0.15) is 5.50 Å². The van der Waals surface area contributed by atoms with E-state index < -0.39 is 11.4 Å². The number of nitrogens with two attached hydrogens (primary N) is 1. The molecule has 12 heteroatoms. The molecule has 1 saturated heterocycles. The van der Waals surface area contributed by atoms with Crippen LogP contribution in [0.1, 0.15) is 19.8 Å². The van der Waals surface area contributed by atoms with Crippen molar-refractivity contribution in [2.75, 3.05) is 16.8 Å². The third-order valence-corrected chi connectivity index (χ3v) is 5.73. The second-order valence-electron chi connectivity index (χ2n) is 4.85. The fraction of sp³-hybridized carbons (Fsp3) is 0.583. The topological polar surface area (TPSA) is 139 Å². The number of rotatable bonds is 8. The molecule has 0 saturated carbocycles. The van der Waals surface area contributed by atoms with E-state index >= 15 is 0 Å². The van der Waals surface area contributed by atoms with Crippen molar-refractivity contribution in [2.24, 2.45) is 5.73 Å². The molecule has 3 amide bonds. The van der Waals surface area contributed by atoms with E-state index in [1.807, 2.05) is 6.92 Å². The van der Waals surface area contributed by atoms with Crippen molar-refractivity contribution in [2.45, 2.75) is 35.6 Å². The molecule has 1 aromatic rings. The Hall–Kier alpha value is -1.37. The fourth-order valence-electron chi connectivity index (χ4n) is 1.96. The van der Waals surface area contributed by atoms with Crippen LogP contribution >= 0.6 is 34.9 Å². The maximum Gasteiger partial charge on any atom is 0.236 e. The molecule has 2 rings (SSSR count). The third kappa shape index (κ3) is 6.26. The number of anilines is 1. The van der Waals surface area contributed by atoms with E-state index in [0.717, 1.165) is 10.1 Å². The molecular formula is C12H18N6O3S3. The molecule has 0 aromatic carbocycles. The highest BCUT2D eigenvalue weighted by Crippen LogP contribution is 2.25. The van der Waals surface area contributed by atoms with Gasteiger partial charge in [0.15, 0.2) is 4.34 Å². The monoisotopic (exact) mass is 390 g/mol. The number of carbonyl (C=O) groups excluding carboxylic acids is 3. The Morgan fingerprint density at radius 2 is 2.25 bits per heavy atom. The summed E-state index contributed by atoms with van der Waals surface area (Å²) < 4.78 is 0.802. The minimum Gasteiger partial charge on any atom is -0.370 e. The molecule has 0 aliphatic carbocycles. The summed E-state index contributed by atoms with van der Waals surface area (Å²) >= 11 is 4.10. The molecule has 1 fully saturated rings. The van der Waals surface area contributed by atoms with Gasteiger partial charge in [-0.1, -0.05) is 30.0 Å². The standard InChI is InChI=1S/C12H18N6O3S3/c1-2-22-12-18-17-11(24-12)16-9(21)5-23-10-14-6(3-7(13)19)4-8(20)15-10/h6,10,14H,2-5H2,1H3,(H2,13,19)(H,15,20)(H,16,17,21). The number of thioether (sulfide) groups is 2. The Bertz CT molecular complexity index is 609. The smallest absolute Gasteiger partial charge is 0.236 e. The summed E-state index contributed by atoms with van der Waals surface area (Å²) in [7, 11) is 0. The quantitative estimate of drug-likeness (QED) is 0.358. The third-order valence-electron chi connectivity index (χ3n) is 2.86. The first-order valence-electron chi connectivity index (χ1n) is 7.17. The van der Waals surface area contributed by atoms with E-state index in [9.17, 15) is 14.4 Å². The van der Waals surface area contributed by atoms with Crippen LogP contribution in [0.2, 0.25) is 0 Å². The van der Waals surface area contributed by atoms with Gasteiger partial charge in [0, 0.05) is 18.9 Å². The normalized spacial score (nSPS) is 20.5. The lowest BCUT2D eigenvalue weighted by molar-refractivity contribution is -0.124. The maximum atomic E-state index is 11.9. The lowest BCUT2D eigenvalue weighted by atomic mass is 10.1. The van der Waals surface area contributed by atoms with E-state index in [-0.39, 0.29) is 36.5 Å². The van der Waals surface area contributed by atoms with Crippen LogP contribution in [0.3, 0.4) is 0 Å². The van der Waals surface area contributed by atoms with Crippen molar-refractivity contribution < 1.29 is 14.4 Å². The number of hydrogen-bond donors (Lipinski definition) is 4. The second-order valence-corrected chi connectivity index (χ2v) is 8.43. The summed E-state index contributed by atoms with van der Waals surface area (Å²) in [6, 6.07) is -0.311. The largest absolute Gasteiger partial charge is 0.370 e. The maximum absolute atomic E-state index is 11.9. The highest BCUT2D eigenvalue weighted by molar-refractivity contribution is 8.01. The van der Waals surface area contributed by atoms with Crippen molar-refractivity contribution in [3.63, 3.8) is 0 Å². The first-order valence-corrected chi connectivity index (χ1v) is 10.0. The lowest BCUT2D eigenvalue weighted by Crippen LogP contribution is -2.55. The summed E-state index contributed by atoms with van der Waals surface area (Å²) in [5.74, 6) is 0.121. The molecule has 2 heterocycles. The highest BCUT2D eigenvalue weighted by Gasteiger charge is 2.27. The molecule has 0 bridgehead atoms. The van der Waals surface area contributed by atoms with E-state index in [4.69, 9.17) is 5.73 Å². The summed E-state index contributed by atoms with van der Waals surface area (Å²) in [5.41, 5.74) is 4.71. The van der Waals surface area contributed by atoms with Gasteiger partial charge in [0.2, 0.25) is 22.9 Å². The fourth-order valence-corrected chi connectivity index (χ4v) is 4.52. The van der Waals surface area contributed by atoms with Crippen LogP contribution in [0.4, 0.5) is 5.13 Å². The number of amides is 3. The Balaban J connectivity index is 1.77. The lowest BCUT2D eigenvalue weighted by Gasteiger charge is -2.30. The molecule has 1 aliphatic heterocycles. The number of aromatic nitrogens is 2. The number of nitrogens with one attached hydrogen (secondary N) is 3. The zero-order valence-corrected chi connectivity index (χ0v) is 15.4. The molecule has 132 valence electrons. The van der Waals surface area contributed by atoms with E-state index in [0.29, 0.717) is 5.13 Å². The Morgan fingerprint density at radius 3 is 2.96 bits per heavy atom. The van der Waals surface area contributed by atoms with E-state index in [1.165, 1.54) is 23.1 Å². The SMILES string of the molecule is CCSc1nnc(NC(=O)CSC2NC(=O)CC(CC(N)=O)N2)s1. The average molecular weight is 391 g/mol. The van der Waals surface area contributed by atoms with Gasteiger partial charge in [-0.05, 0) is 5.75 Å². The predicted octanol–water partition coefficient (Wildman–Crippen LogP) is -0.0411. The van der Waals surface area contributed by atoms with Crippen LogP contribution in [0.5, 0.6) is 0 Å². The van der Waals surface area contributed by atoms with Crippen molar-refractivity contribution in [3.8, 4) is 0 Å². The summed E-state index contributed by atoms with van der Waals surface area (Å²) in [6.07, 6.45) is 0.272. The molecular weight excluding hydrogens is 372 g/mol. The van der Waals surface area contributed by atoms with E-state index in [1.54, 1.807) is 11.8 Å². The second kappa shape index (κ2) is 9.20. The zero-order valence-electron chi connectivity index (χ0n) is 12.9. The predicted molar refractivity (Wildman–Crippen MR) is 94.7 cm³/mol. The van der Waals surface area contributed by atoms with Crippen molar-refractivity contribution in [1.82, 2.24) is 20.8 Å². The molecule has 2 atom stereocenters. The zero-order chi connectivity index (χ0) is 17.5. The van der Waals surface area contributed by atoms with Gasteiger partial charge in [-0.3, -0.25) is 25.0 Å². The molecule has 0 spiro atoms.